The van der Waals surface area contributed by atoms with Crippen molar-refractivity contribution in [1.82, 2.24) is 0 Å². The topological polar surface area (TPSA) is 72.8 Å². The Morgan fingerprint density at radius 2 is 1.71 bits per heavy atom. The Morgan fingerprint density at radius 1 is 1.12 bits per heavy atom. The molecule has 0 aliphatic rings. The van der Waals surface area contributed by atoms with Crippen molar-refractivity contribution in [3.63, 3.8) is 0 Å². The normalized spacial score (nSPS) is 13.9. The molecule has 0 aliphatic carbocycles. The molecule has 0 aromatic heterocycles. The van der Waals surface area contributed by atoms with E-state index < -0.39 is 17.5 Å². The van der Waals surface area contributed by atoms with Crippen LogP contribution in [0.15, 0.2) is 0 Å². The quantitative estimate of drug-likeness (QED) is 0.656. The Hall–Kier alpha value is -1.10. The van der Waals surface area contributed by atoms with Crippen LogP contribution in [-0.4, -0.2) is 35.9 Å². The molecule has 0 radical (unpaired) electrons. The van der Waals surface area contributed by atoms with E-state index >= 15 is 0 Å². The van der Waals surface area contributed by atoms with Crippen LogP contribution in [0.5, 0.6) is 0 Å². The fourth-order valence-corrected chi connectivity index (χ4v) is 1.45. The number of hydrogen-bond acceptors (Lipinski definition) is 5. The van der Waals surface area contributed by atoms with Crippen molar-refractivity contribution in [3.05, 3.63) is 0 Å². The first-order chi connectivity index (χ1) is 8.00. The van der Waals surface area contributed by atoms with Gasteiger partial charge in [0.2, 0.25) is 0 Å². The summed E-state index contributed by atoms with van der Waals surface area (Å²) in [5, 5.41) is 10.2. The summed E-state index contributed by atoms with van der Waals surface area (Å²) >= 11 is 0. The third-order valence-corrected chi connectivity index (χ3v) is 2.34. The van der Waals surface area contributed by atoms with Crippen molar-refractivity contribution < 1.29 is 24.2 Å². The molecule has 0 heterocycles. The molecule has 0 spiro atoms. The first kappa shape index (κ1) is 15.9. The molecular formula is C12H22O5. The molecule has 0 rings (SSSR count). The molecule has 0 saturated carbocycles. The Bertz CT molecular complexity index is 251. The molecule has 0 amide bonds. The van der Waals surface area contributed by atoms with Crippen molar-refractivity contribution in [3.8, 4) is 0 Å². The number of unbranched alkanes of at least 4 members (excludes halogenated alkanes) is 1. The molecule has 0 bridgehead atoms. The van der Waals surface area contributed by atoms with Gasteiger partial charge in [0.1, 0.15) is 0 Å². The molecule has 17 heavy (non-hydrogen) atoms. The maximum atomic E-state index is 11.6. The average Bonchev–Trinajstić information content (AvgIpc) is 2.27. The summed E-state index contributed by atoms with van der Waals surface area (Å²) < 4.78 is 9.53. The van der Waals surface area contributed by atoms with Crippen molar-refractivity contribution in [2.45, 2.75) is 52.1 Å². The first-order valence-electron chi connectivity index (χ1n) is 6.05. The van der Waals surface area contributed by atoms with Crippen LogP contribution in [0.3, 0.4) is 0 Å². The Kier molecular flexibility index (Phi) is 7.54. The minimum atomic E-state index is -1.75. The summed E-state index contributed by atoms with van der Waals surface area (Å²) in [4.78, 5) is 23.0. The Morgan fingerprint density at radius 3 is 2.18 bits per heavy atom. The van der Waals surface area contributed by atoms with E-state index in [1.54, 1.807) is 13.8 Å². The minimum absolute atomic E-state index is 0.177. The van der Waals surface area contributed by atoms with Gasteiger partial charge in [0.15, 0.2) is 5.60 Å². The van der Waals surface area contributed by atoms with Crippen LogP contribution in [-0.2, 0) is 19.1 Å². The number of carbonyl (C=O) groups is 2. The average molecular weight is 246 g/mol. The van der Waals surface area contributed by atoms with E-state index in [0.29, 0.717) is 6.42 Å². The fourth-order valence-electron chi connectivity index (χ4n) is 1.45. The summed E-state index contributed by atoms with van der Waals surface area (Å²) in [5.74, 6) is -1.33. The van der Waals surface area contributed by atoms with Crippen LogP contribution in [0.2, 0.25) is 0 Å². The van der Waals surface area contributed by atoms with Gasteiger partial charge in [0.25, 0.3) is 0 Å². The fraction of sp³-hybridized carbons (Fsp3) is 0.833. The molecule has 1 unspecified atom stereocenters. The summed E-state index contributed by atoms with van der Waals surface area (Å²) in [5.41, 5.74) is -1.75. The first-order valence-corrected chi connectivity index (χ1v) is 6.05. The second kappa shape index (κ2) is 8.06. The zero-order valence-corrected chi connectivity index (χ0v) is 10.8. The second-order valence-corrected chi connectivity index (χ2v) is 3.84. The van der Waals surface area contributed by atoms with Crippen molar-refractivity contribution >= 4 is 11.9 Å². The molecule has 0 aliphatic heterocycles. The van der Waals surface area contributed by atoms with Gasteiger partial charge in [-0.25, -0.2) is 4.79 Å². The highest BCUT2D eigenvalue weighted by atomic mass is 16.6. The minimum Gasteiger partial charge on any atom is -0.466 e. The number of aliphatic hydroxyl groups is 1. The maximum Gasteiger partial charge on any atom is 0.338 e. The Labute approximate surface area is 102 Å². The monoisotopic (exact) mass is 246 g/mol. The molecule has 5 heteroatoms. The predicted octanol–water partition coefficient (Wildman–Crippen LogP) is 1.42. The number of ether oxygens (including phenoxy) is 2. The number of carbonyl (C=O) groups excluding carboxylic acids is 2. The van der Waals surface area contributed by atoms with Crippen molar-refractivity contribution in [1.29, 1.82) is 0 Å². The van der Waals surface area contributed by atoms with Gasteiger partial charge in [-0.2, -0.15) is 0 Å². The van der Waals surface area contributed by atoms with Gasteiger partial charge in [-0.3, -0.25) is 4.79 Å². The van der Waals surface area contributed by atoms with Crippen LogP contribution in [0.1, 0.15) is 46.5 Å². The lowest BCUT2D eigenvalue weighted by Crippen LogP contribution is -2.42. The van der Waals surface area contributed by atoms with Crippen molar-refractivity contribution in [2.24, 2.45) is 0 Å². The lowest BCUT2D eigenvalue weighted by Gasteiger charge is -2.24. The maximum absolute atomic E-state index is 11.6. The van der Waals surface area contributed by atoms with Crippen LogP contribution in [0.4, 0.5) is 0 Å². The van der Waals surface area contributed by atoms with Gasteiger partial charge in [0.05, 0.1) is 19.6 Å². The van der Waals surface area contributed by atoms with Gasteiger partial charge in [-0.1, -0.05) is 19.8 Å². The highest BCUT2D eigenvalue weighted by Crippen LogP contribution is 2.21. The van der Waals surface area contributed by atoms with Crippen LogP contribution in [0, 0.1) is 0 Å². The Balaban J connectivity index is 4.58. The molecule has 5 nitrogen and oxygen atoms in total. The van der Waals surface area contributed by atoms with E-state index in [9.17, 15) is 14.7 Å². The van der Waals surface area contributed by atoms with Crippen LogP contribution in [0.25, 0.3) is 0 Å². The lowest BCUT2D eigenvalue weighted by atomic mass is 9.93. The molecule has 100 valence electrons. The second-order valence-electron chi connectivity index (χ2n) is 3.84. The smallest absolute Gasteiger partial charge is 0.338 e. The van der Waals surface area contributed by atoms with E-state index in [4.69, 9.17) is 9.47 Å². The molecule has 0 aromatic carbocycles. The molecule has 0 aromatic rings. The molecule has 0 fully saturated rings. The summed E-state index contributed by atoms with van der Waals surface area (Å²) in [6, 6.07) is 0. The van der Waals surface area contributed by atoms with Crippen LogP contribution < -0.4 is 0 Å². The highest BCUT2D eigenvalue weighted by molar-refractivity contribution is 5.85. The van der Waals surface area contributed by atoms with E-state index in [1.165, 1.54) is 0 Å². The van der Waals surface area contributed by atoms with E-state index in [-0.39, 0.29) is 26.1 Å². The SMILES string of the molecule is CCCCC(O)(CC(=O)OCC)C(=O)OCC. The van der Waals surface area contributed by atoms with E-state index in [2.05, 4.69) is 0 Å². The number of hydrogen-bond donors (Lipinski definition) is 1. The largest absolute Gasteiger partial charge is 0.466 e. The summed E-state index contributed by atoms with van der Waals surface area (Å²) in [7, 11) is 0. The molecule has 0 saturated heterocycles. The van der Waals surface area contributed by atoms with Gasteiger partial charge in [0, 0.05) is 0 Å². The molecule has 1 atom stereocenters. The van der Waals surface area contributed by atoms with Gasteiger partial charge >= 0.3 is 11.9 Å². The zero-order chi connectivity index (χ0) is 13.3. The standard InChI is InChI=1S/C12H22O5/c1-4-7-8-12(15,11(14)17-6-3)9-10(13)16-5-2/h15H,4-9H2,1-3H3. The van der Waals surface area contributed by atoms with E-state index in [0.717, 1.165) is 6.42 Å². The molecular weight excluding hydrogens is 224 g/mol. The van der Waals surface area contributed by atoms with Crippen LogP contribution >= 0.6 is 0 Å². The third-order valence-electron chi connectivity index (χ3n) is 2.34. The van der Waals surface area contributed by atoms with Gasteiger partial charge in [-0.15, -0.1) is 0 Å². The zero-order valence-electron chi connectivity index (χ0n) is 10.8. The van der Waals surface area contributed by atoms with E-state index in [1.807, 2.05) is 6.92 Å². The van der Waals surface area contributed by atoms with Crippen molar-refractivity contribution in [2.75, 3.05) is 13.2 Å². The molecule has 1 N–H and O–H groups in total. The summed E-state index contributed by atoms with van der Waals surface area (Å²) in [6.45, 7) is 5.67. The van der Waals surface area contributed by atoms with Gasteiger partial charge in [-0.05, 0) is 20.3 Å². The lowest BCUT2D eigenvalue weighted by molar-refractivity contribution is -0.173. The van der Waals surface area contributed by atoms with Gasteiger partial charge < -0.3 is 14.6 Å². The predicted molar refractivity (Wildman–Crippen MR) is 62.4 cm³/mol. The number of rotatable bonds is 8. The third kappa shape index (κ3) is 5.68. The summed E-state index contributed by atoms with van der Waals surface area (Å²) in [6.07, 6.45) is 1.33. The highest BCUT2D eigenvalue weighted by Gasteiger charge is 2.39. The number of esters is 2.